The van der Waals surface area contributed by atoms with Crippen molar-refractivity contribution in [2.75, 3.05) is 13.7 Å². The first-order valence-corrected chi connectivity index (χ1v) is 8.53. The molecule has 2 bridgehead atoms. The molecule has 4 atom stereocenters. The molecule has 1 aromatic carbocycles. The first-order chi connectivity index (χ1) is 10.2. The van der Waals surface area contributed by atoms with E-state index in [1.54, 1.807) is 0 Å². The molecule has 0 aromatic heterocycles. The van der Waals surface area contributed by atoms with Crippen LogP contribution in [-0.4, -0.2) is 13.7 Å². The lowest BCUT2D eigenvalue weighted by Gasteiger charge is -2.33. The summed E-state index contributed by atoms with van der Waals surface area (Å²) in [5.41, 5.74) is 3.99. The Hall–Kier alpha value is -1.02. The van der Waals surface area contributed by atoms with Gasteiger partial charge in [-0.1, -0.05) is 25.5 Å². The van der Waals surface area contributed by atoms with Gasteiger partial charge in [-0.2, -0.15) is 0 Å². The Kier molecular flexibility index (Phi) is 4.26. The van der Waals surface area contributed by atoms with Crippen LogP contribution in [0, 0.1) is 31.6 Å². The van der Waals surface area contributed by atoms with Gasteiger partial charge in [-0.15, -0.1) is 0 Å². The van der Waals surface area contributed by atoms with E-state index in [-0.39, 0.29) is 0 Å². The fourth-order valence-electron chi connectivity index (χ4n) is 4.74. The zero-order chi connectivity index (χ0) is 15.0. The average molecular weight is 287 g/mol. The van der Waals surface area contributed by atoms with Gasteiger partial charge in [0.1, 0.15) is 5.75 Å². The maximum absolute atomic E-state index is 5.78. The van der Waals surface area contributed by atoms with E-state index in [1.165, 1.54) is 42.4 Å². The monoisotopic (exact) mass is 287 g/mol. The molecule has 0 heterocycles. The van der Waals surface area contributed by atoms with Crippen molar-refractivity contribution in [2.45, 2.75) is 52.5 Å². The zero-order valence-electron chi connectivity index (χ0n) is 13.9. The van der Waals surface area contributed by atoms with Gasteiger partial charge in [0.15, 0.2) is 0 Å². The van der Waals surface area contributed by atoms with Crippen molar-refractivity contribution < 1.29 is 4.74 Å². The largest absolute Gasteiger partial charge is 0.496 e. The van der Waals surface area contributed by atoms with E-state index in [0.717, 1.165) is 30.0 Å². The second-order valence-corrected chi connectivity index (χ2v) is 7.00. The topological polar surface area (TPSA) is 21.3 Å². The molecule has 1 aromatic rings. The summed E-state index contributed by atoms with van der Waals surface area (Å²) in [6.07, 6.45) is 5.76. The Morgan fingerprint density at radius 1 is 1.24 bits per heavy atom. The van der Waals surface area contributed by atoms with Crippen LogP contribution in [0.2, 0.25) is 0 Å². The minimum atomic E-state index is 0.458. The van der Waals surface area contributed by atoms with Gasteiger partial charge in [0, 0.05) is 11.6 Å². The highest BCUT2D eigenvalue weighted by Crippen LogP contribution is 2.53. The number of hydrogen-bond donors (Lipinski definition) is 1. The third-order valence-corrected chi connectivity index (χ3v) is 5.89. The summed E-state index contributed by atoms with van der Waals surface area (Å²) in [5, 5.41) is 3.77. The lowest BCUT2D eigenvalue weighted by molar-refractivity contribution is 0.248. The van der Waals surface area contributed by atoms with Crippen LogP contribution in [-0.2, 0) is 0 Å². The van der Waals surface area contributed by atoms with E-state index in [0.29, 0.717) is 6.04 Å². The summed E-state index contributed by atoms with van der Waals surface area (Å²) < 4.78 is 5.78. The summed E-state index contributed by atoms with van der Waals surface area (Å²) in [6.45, 7) is 7.59. The van der Waals surface area contributed by atoms with Crippen molar-refractivity contribution >= 4 is 0 Å². The first kappa shape index (κ1) is 14.9. The summed E-state index contributed by atoms with van der Waals surface area (Å²) in [5.74, 6) is 3.80. The van der Waals surface area contributed by atoms with Gasteiger partial charge in [-0.25, -0.2) is 0 Å². The summed E-state index contributed by atoms with van der Waals surface area (Å²) in [4.78, 5) is 0. The van der Waals surface area contributed by atoms with Crippen LogP contribution in [0.15, 0.2) is 12.1 Å². The summed E-state index contributed by atoms with van der Waals surface area (Å²) in [6, 6.07) is 5.00. The highest BCUT2D eigenvalue weighted by Gasteiger charge is 2.43. The molecule has 21 heavy (non-hydrogen) atoms. The fourth-order valence-corrected chi connectivity index (χ4v) is 4.74. The SMILES string of the molecule is CCNC(c1ccc(C)c(C)c1OC)C1CC2CCC1C2. The molecule has 2 saturated carbocycles. The highest BCUT2D eigenvalue weighted by atomic mass is 16.5. The average Bonchev–Trinajstić information content (AvgIpc) is 3.10. The molecule has 2 nitrogen and oxygen atoms in total. The second kappa shape index (κ2) is 6.00. The third-order valence-electron chi connectivity index (χ3n) is 5.89. The maximum Gasteiger partial charge on any atom is 0.126 e. The van der Waals surface area contributed by atoms with Gasteiger partial charge in [-0.05, 0) is 68.5 Å². The van der Waals surface area contributed by atoms with Gasteiger partial charge in [0.2, 0.25) is 0 Å². The van der Waals surface area contributed by atoms with E-state index >= 15 is 0 Å². The molecule has 0 radical (unpaired) electrons. The molecule has 3 rings (SSSR count). The van der Waals surface area contributed by atoms with Crippen LogP contribution in [0.4, 0.5) is 0 Å². The van der Waals surface area contributed by atoms with E-state index in [1.807, 2.05) is 7.11 Å². The van der Waals surface area contributed by atoms with Crippen LogP contribution in [0.25, 0.3) is 0 Å². The fraction of sp³-hybridized carbons (Fsp3) is 0.684. The number of benzene rings is 1. The van der Waals surface area contributed by atoms with Crippen molar-refractivity contribution in [3.8, 4) is 5.75 Å². The molecule has 116 valence electrons. The normalized spacial score (nSPS) is 28.9. The smallest absolute Gasteiger partial charge is 0.126 e. The van der Waals surface area contributed by atoms with Gasteiger partial charge < -0.3 is 10.1 Å². The van der Waals surface area contributed by atoms with E-state index < -0.39 is 0 Å². The Labute approximate surface area is 129 Å². The minimum Gasteiger partial charge on any atom is -0.496 e. The van der Waals surface area contributed by atoms with Crippen molar-refractivity contribution in [1.82, 2.24) is 5.32 Å². The Balaban J connectivity index is 1.96. The predicted molar refractivity (Wildman–Crippen MR) is 87.8 cm³/mol. The predicted octanol–water partition coefficient (Wildman–Crippen LogP) is 4.40. The van der Waals surface area contributed by atoms with Crippen molar-refractivity contribution in [3.63, 3.8) is 0 Å². The van der Waals surface area contributed by atoms with E-state index in [2.05, 4.69) is 38.2 Å². The van der Waals surface area contributed by atoms with Gasteiger partial charge >= 0.3 is 0 Å². The molecule has 1 N–H and O–H groups in total. The molecule has 4 unspecified atom stereocenters. The summed E-state index contributed by atoms with van der Waals surface area (Å²) in [7, 11) is 1.81. The number of methoxy groups -OCH3 is 1. The molecule has 0 amide bonds. The first-order valence-electron chi connectivity index (χ1n) is 8.53. The number of fused-ring (bicyclic) bond motifs is 2. The Morgan fingerprint density at radius 3 is 2.62 bits per heavy atom. The molecular weight excluding hydrogens is 258 g/mol. The van der Waals surface area contributed by atoms with E-state index in [4.69, 9.17) is 4.74 Å². The van der Waals surface area contributed by atoms with Crippen LogP contribution in [0.1, 0.15) is 55.3 Å². The van der Waals surface area contributed by atoms with Crippen LogP contribution in [0.5, 0.6) is 5.75 Å². The molecule has 2 fully saturated rings. The number of nitrogens with one attached hydrogen (secondary N) is 1. The molecule has 0 spiro atoms. The van der Waals surface area contributed by atoms with Crippen molar-refractivity contribution in [2.24, 2.45) is 17.8 Å². The lowest BCUT2D eigenvalue weighted by atomic mass is 9.79. The van der Waals surface area contributed by atoms with Gasteiger partial charge in [0.25, 0.3) is 0 Å². The van der Waals surface area contributed by atoms with Crippen LogP contribution in [0.3, 0.4) is 0 Å². The molecule has 2 heteroatoms. The lowest BCUT2D eigenvalue weighted by Crippen LogP contribution is -2.31. The van der Waals surface area contributed by atoms with E-state index in [9.17, 15) is 0 Å². The quantitative estimate of drug-likeness (QED) is 0.866. The Morgan fingerprint density at radius 2 is 2.05 bits per heavy atom. The summed E-state index contributed by atoms with van der Waals surface area (Å²) >= 11 is 0. The molecule has 2 aliphatic rings. The Bertz CT molecular complexity index is 511. The number of rotatable bonds is 5. The number of aryl methyl sites for hydroxylation is 1. The minimum absolute atomic E-state index is 0.458. The number of hydrogen-bond acceptors (Lipinski definition) is 2. The van der Waals surface area contributed by atoms with Gasteiger partial charge in [0.05, 0.1) is 7.11 Å². The second-order valence-electron chi connectivity index (χ2n) is 7.00. The zero-order valence-corrected chi connectivity index (χ0v) is 13.9. The molecular formula is C19H29NO. The van der Waals surface area contributed by atoms with Crippen LogP contribution < -0.4 is 10.1 Å². The third kappa shape index (κ3) is 2.59. The van der Waals surface area contributed by atoms with Crippen LogP contribution >= 0.6 is 0 Å². The standard InChI is InChI=1S/C19H29NO/c1-5-20-18(17-11-14-7-8-15(17)10-14)16-9-6-12(2)13(3)19(16)21-4/h6,9,14-15,17-18,20H,5,7-8,10-11H2,1-4H3. The van der Waals surface area contributed by atoms with Gasteiger partial charge in [-0.3, -0.25) is 0 Å². The van der Waals surface area contributed by atoms with Crippen molar-refractivity contribution in [3.05, 3.63) is 28.8 Å². The molecule has 0 aliphatic heterocycles. The maximum atomic E-state index is 5.78. The highest BCUT2D eigenvalue weighted by molar-refractivity contribution is 5.47. The molecule has 0 saturated heterocycles. The molecule has 2 aliphatic carbocycles. The van der Waals surface area contributed by atoms with Crippen molar-refractivity contribution in [1.29, 1.82) is 0 Å². The number of ether oxygens (including phenoxy) is 1.